The number of hydrogen-bond donors (Lipinski definition) is 2. The van der Waals surface area contributed by atoms with E-state index in [1.54, 1.807) is 6.07 Å². The van der Waals surface area contributed by atoms with Gasteiger partial charge in [-0.1, -0.05) is 44.0 Å². The number of halogens is 2. The van der Waals surface area contributed by atoms with Crippen LogP contribution in [-0.4, -0.2) is 23.5 Å². The van der Waals surface area contributed by atoms with Gasteiger partial charge in [-0.2, -0.15) is 0 Å². The summed E-state index contributed by atoms with van der Waals surface area (Å²) in [6.45, 7) is 5.92. The molecule has 0 fully saturated rings. The summed E-state index contributed by atoms with van der Waals surface area (Å²) in [5.41, 5.74) is 0.102. The number of benzene rings is 1. The summed E-state index contributed by atoms with van der Waals surface area (Å²) in [6, 6.07) is 4.57. The highest BCUT2D eigenvalue weighted by Crippen LogP contribution is 2.25. The number of amides is 1. The molecule has 21 heavy (non-hydrogen) atoms. The van der Waals surface area contributed by atoms with Crippen molar-refractivity contribution in [3.8, 4) is 0 Å². The summed E-state index contributed by atoms with van der Waals surface area (Å²) in [5, 5.41) is 12.5. The SMILES string of the molecule is CC(C)(C)CC(CNC(=O)c1cc(Cl)ccc1Cl)C(=O)O. The van der Waals surface area contributed by atoms with Crippen molar-refractivity contribution in [2.75, 3.05) is 6.54 Å². The van der Waals surface area contributed by atoms with E-state index in [0.29, 0.717) is 11.4 Å². The van der Waals surface area contributed by atoms with E-state index >= 15 is 0 Å². The van der Waals surface area contributed by atoms with Gasteiger partial charge in [0.15, 0.2) is 0 Å². The predicted molar refractivity (Wildman–Crippen MR) is 84.0 cm³/mol. The quantitative estimate of drug-likeness (QED) is 0.860. The Morgan fingerprint density at radius 3 is 2.43 bits per heavy atom. The van der Waals surface area contributed by atoms with Gasteiger partial charge in [0.25, 0.3) is 5.91 Å². The molecule has 0 bridgehead atoms. The van der Waals surface area contributed by atoms with Gasteiger partial charge in [0.05, 0.1) is 16.5 Å². The van der Waals surface area contributed by atoms with Gasteiger partial charge in [0.1, 0.15) is 0 Å². The maximum Gasteiger partial charge on any atom is 0.308 e. The van der Waals surface area contributed by atoms with Crippen LogP contribution in [-0.2, 0) is 4.79 Å². The first-order chi connectivity index (χ1) is 9.60. The molecule has 0 heterocycles. The van der Waals surface area contributed by atoms with Gasteiger partial charge in [-0.3, -0.25) is 9.59 Å². The largest absolute Gasteiger partial charge is 0.481 e. The fourth-order valence-electron chi connectivity index (χ4n) is 1.97. The van der Waals surface area contributed by atoms with E-state index in [-0.39, 0.29) is 22.5 Å². The molecule has 1 aromatic carbocycles. The summed E-state index contributed by atoms with van der Waals surface area (Å²) in [6.07, 6.45) is 0.464. The van der Waals surface area contributed by atoms with Crippen molar-refractivity contribution < 1.29 is 14.7 Å². The average Bonchev–Trinajstić information content (AvgIpc) is 2.35. The molecule has 0 aliphatic rings. The van der Waals surface area contributed by atoms with E-state index in [4.69, 9.17) is 23.2 Å². The highest BCUT2D eigenvalue weighted by atomic mass is 35.5. The Balaban J connectivity index is 2.74. The minimum atomic E-state index is -0.928. The van der Waals surface area contributed by atoms with Crippen LogP contribution in [0.25, 0.3) is 0 Å². The molecule has 6 heteroatoms. The van der Waals surface area contributed by atoms with Crippen LogP contribution in [0.4, 0.5) is 0 Å². The second-order valence-electron chi connectivity index (χ2n) is 6.13. The lowest BCUT2D eigenvalue weighted by Gasteiger charge is -2.23. The second kappa shape index (κ2) is 7.14. The van der Waals surface area contributed by atoms with Crippen LogP contribution in [0, 0.1) is 11.3 Å². The number of aliphatic carboxylic acids is 1. The van der Waals surface area contributed by atoms with Crippen LogP contribution < -0.4 is 5.32 Å². The van der Waals surface area contributed by atoms with Crippen molar-refractivity contribution in [3.63, 3.8) is 0 Å². The Morgan fingerprint density at radius 2 is 1.90 bits per heavy atom. The third-order valence-corrected chi connectivity index (χ3v) is 3.45. The minimum absolute atomic E-state index is 0.0499. The molecule has 2 N–H and O–H groups in total. The molecule has 0 aromatic heterocycles. The van der Waals surface area contributed by atoms with Crippen LogP contribution in [0.3, 0.4) is 0 Å². The molecule has 116 valence electrons. The topological polar surface area (TPSA) is 66.4 Å². The molecule has 4 nitrogen and oxygen atoms in total. The van der Waals surface area contributed by atoms with E-state index in [1.165, 1.54) is 12.1 Å². The number of hydrogen-bond acceptors (Lipinski definition) is 2. The molecule has 1 aromatic rings. The maximum absolute atomic E-state index is 12.1. The first kappa shape index (κ1) is 17.8. The molecule has 1 atom stereocenters. The molecule has 1 unspecified atom stereocenters. The normalized spacial score (nSPS) is 12.8. The fourth-order valence-corrected chi connectivity index (χ4v) is 2.34. The van der Waals surface area contributed by atoms with Crippen LogP contribution >= 0.6 is 23.2 Å². The summed E-state index contributed by atoms with van der Waals surface area (Å²) in [7, 11) is 0. The number of carbonyl (C=O) groups is 2. The molecule has 0 aliphatic heterocycles. The second-order valence-corrected chi connectivity index (χ2v) is 6.98. The molecular weight excluding hydrogens is 313 g/mol. The summed E-state index contributed by atoms with van der Waals surface area (Å²) in [4.78, 5) is 23.3. The van der Waals surface area contributed by atoms with Gasteiger partial charge in [-0.25, -0.2) is 0 Å². The third kappa shape index (κ3) is 5.94. The van der Waals surface area contributed by atoms with E-state index < -0.39 is 17.8 Å². The summed E-state index contributed by atoms with van der Waals surface area (Å²) >= 11 is 11.8. The molecule has 1 amide bonds. The average molecular weight is 332 g/mol. The Morgan fingerprint density at radius 1 is 1.29 bits per heavy atom. The van der Waals surface area contributed by atoms with Gasteiger partial charge in [-0.15, -0.1) is 0 Å². The van der Waals surface area contributed by atoms with Crippen LogP contribution in [0.5, 0.6) is 0 Å². The van der Waals surface area contributed by atoms with E-state index in [2.05, 4.69) is 5.32 Å². The van der Waals surface area contributed by atoms with E-state index in [9.17, 15) is 14.7 Å². The van der Waals surface area contributed by atoms with Gasteiger partial charge in [0, 0.05) is 11.6 Å². The summed E-state index contributed by atoms with van der Waals surface area (Å²) < 4.78 is 0. The van der Waals surface area contributed by atoms with Crippen molar-refractivity contribution in [1.29, 1.82) is 0 Å². The zero-order valence-electron chi connectivity index (χ0n) is 12.2. The van der Waals surface area contributed by atoms with Gasteiger partial charge >= 0.3 is 5.97 Å². The molecule has 0 saturated carbocycles. The number of carbonyl (C=O) groups excluding carboxylic acids is 1. The molecule has 1 rings (SSSR count). The maximum atomic E-state index is 12.1. The standard InChI is InChI=1S/C15H19Cl2NO3/c1-15(2,3)7-9(14(20)21)8-18-13(19)11-6-10(16)4-5-12(11)17/h4-6,9H,7-8H2,1-3H3,(H,18,19)(H,20,21). The third-order valence-electron chi connectivity index (χ3n) is 2.89. The number of carboxylic acids is 1. The minimum Gasteiger partial charge on any atom is -0.481 e. The van der Waals surface area contributed by atoms with Crippen LogP contribution in [0.1, 0.15) is 37.6 Å². The lowest BCUT2D eigenvalue weighted by atomic mass is 9.84. The Hall–Kier alpha value is -1.26. The lowest BCUT2D eigenvalue weighted by molar-refractivity contribution is -0.142. The van der Waals surface area contributed by atoms with E-state index in [1.807, 2.05) is 20.8 Å². The van der Waals surface area contributed by atoms with Gasteiger partial charge in [-0.05, 0) is 30.0 Å². The molecule has 0 radical (unpaired) electrons. The highest BCUT2D eigenvalue weighted by molar-refractivity contribution is 6.35. The van der Waals surface area contributed by atoms with Crippen LogP contribution in [0.2, 0.25) is 10.0 Å². The summed E-state index contributed by atoms with van der Waals surface area (Å²) in [5.74, 6) is -2.00. The van der Waals surface area contributed by atoms with Gasteiger partial charge < -0.3 is 10.4 Å². The predicted octanol–water partition coefficient (Wildman–Crippen LogP) is 3.86. The van der Waals surface area contributed by atoms with E-state index in [0.717, 1.165) is 0 Å². The molecule has 0 spiro atoms. The zero-order chi connectivity index (χ0) is 16.2. The Bertz CT molecular complexity index is 538. The first-order valence-electron chi connectivity index (χ1n) is 6.56. The van der Waals surface area contributed by atoms with Crippen molar-refractivity contribution in [3.05, 3.63) is 33.8 Å². The van der Waals surface area contributed by atoms with Gasteiger partial charge in [0.2, 0.25) is 0 Å². The van der Waals surface area contributed by atoms with Crippen molar-refractivity contribution in [1.82, 2.24) is 5.32 Å². The molecular formula is C15H19Cl2NO3. The fraction of sp³-hybridized carbons (Fsp3) is 0.467. The number of carboxylic acid groups (broad SMARTS) is 1. The molecule has 0 saturated heterocycles. The van der Waals surface area contributed by atoms with Crippen molar-refractivity contribution in [2.24, 2.45) is 11.3 Å². The molecule has 0 aliphatic carbocycles. The monoisotopic (exact) mass is 331 g/mol. The van der Waals surface area contributed by atoms with Crippen LogP contribution in [0.15, 0.2) is 18.2 Å². The van der Waals surface area contributed by atoms with Crippen molar-refractivity contribution in [2.45, 2.75) is 27.2 Å². The highest BCUT2D eigenvalue weighted by Gasteiger charge is 2.25. The first-order valence-corrected chi connectivity index (χ1v) is 7.32. The lowest BCUT2D eigenvalue weighted by Crippen LogP contribution is -2.35. The Labute approximate surface area is 134 Å². The zero-order valence-corrected chi connectivity index (χ0v) is 13.8. The smallest absolute Gasteiger partial charge is 0.308 e. The van der Waals surface area contributed by atoms with Crippen molar-refractivity contribution >= 4 is 35.1 Å². The number of nitrogens with one attached hydrogen (secondary N) is 1. The Kier molecular flexibility index (Phi) is 6.05. The number of rotatable bonds is 5.